The van der Waals surface area contributed by atoms with Gasteiger partial charge in [-0.3, -0.25) is 4.79 Å². The molecule has 0 spiro atoms. The molecule has 0 N–H and O–H groups in total. The number of carbonyl (C=O) groups excluding carboxylic acids is 1. The SMILES string of the molecule is C=CC(C)(C)CC(=O)OC(C#N)c1cccc(Oc2ccccc2)c1. The zero-order chi connectivity index (χ0) is 18.3. The predicted octanol–water partition coefficient (Wildman–Crippen LogP) is 5.19. The quantitative estimate of drug-likeness (QED) is 0.516. The molecule has 4 heteroatoms. The molecule has 2 aromatic rings. The zero-order valence-electron chi connectivity index (χ0n) is 14.4. The fourth-order valence-corrected chi connectivity index (χ4v) is 2.15. The summed E-state index contributed by atoms with van der Waals surface area (Å²) >= 11 is 0. The summed E-state index contributed by atoms with van der Waals surface area (Å²) in [6, 6.07) is 18.3. The van der Waals surface area contributed by atoms with Gasteiger partial charge < -0.3 is 9.47 Å². The smallest absolute Gasteiger partial charge is 0.308 e. The normalized spacial score (nSPS) is 11.9. The van der Waals surface area contributed by atoms with E-state index in [0.717, 1.165) is 0 Å². The fraction of sp³-hybridized carbons (Fsp3) is 0.238. The highest BCUT2D eigenvalue weighted by molar-refractivity contribution is 5.71. The number of hydrogen-bond donors (Lipinski definition) is 0. The maximum absolute atomic E-state index is 12.1. The lowest BCUT2D eigenvalue weighted by Gasteiger charge is -2.19. The standard InChI is InChI=1S/C21H21NO3/c1-4-21(2,3)14-20(23)25-19(15-22)16-9-8-12-18(13-16)24-17-10-6-5-7-11-17/h4-13,19H,1,14H2,2-3H3. The third kappa shape index (κ3) is 5.50. The van der Waals surface area contributed by atoms with E-state index in [2.05, 4.69) is 6.58 Å². The van der Waals surface area contributed by atoms with Crippen molar-refractivity contribution in [3.8, 4) is 17.6 Å². The molecule has 0 aliphatic heterocycles. The molecule has 1 atom stereocenters. The second kappa shape index (κ2) is 8.16. The van der Waals surface area contributed by atoms with Crippen molar-refractivity contribution < 1.29 is 14.3 Å². The Morgan fingerprint density at radius 3 is 2.52 bits per heavy atom. The Hall–Kier alpha value is -3.06. The summed E-state index contributed by atoms with van der Waals surface area (Å²) in [6.07, 6.45) is 0.881. The number of allylic oxidation sites excluding steroid dienone is 1. The van der Waals surface area contributed by atoms with E-state index in [0.29, 0.717) is 17.1 Å². The van der Waals surface area contributed by atoms with Gasteiger partial charge >= 0.3 is 5.97 Å². The van der Waals surface area contributed by atoms with E-state index in [1.807, 2.05) is 50.2 Å². The van der Waals surface area contributed by atoms with Crippen LogP contribution in [-0.4, -0.2) is 5.97 Å². The molecule has 0 radical (unpaired) electrons. The third-order valence-electron chi connectivity index (χ3n) is 3.66. The van der Waals surface area contributed by atoms with Crippen LogP contribution in [0.15, 0.2) is 67.3 Å². The number of esters is 1. The van der Waals surface area contributed by atoms with E-state index in [4.69, 9.17) is 9.47 Å². The van der Waals surface area contributed by atoms with Gasteiger partial charge in [-0.15, -0.1) is 6.58 Å². The maximum Gasteiger partial charge on any atom is 0.308 e. The number of nitriles is 1. The molecule has 128 valence electrons. The Balaban J connectivity index is 2.10. The Morgan fingerprint density at radius 1 is 1.20 bits per heavy atom. The van der Waals surface area contributed by atoms with Gasteiger partial charge in [-0.05, 0) is 29.7 Å². The van der Waals surface area contributed by atoms with Gasteiger partial charge in [0.15, 0.2) is 0 Å². The number of nitrogens with zero attached hydrogens (tertiary/aromatic N) is 1. The Bertz CT molecular complexity index is 775. The average Bonchev–Trinajstić information content (AvgIpc) is 2.60. The molecule has 0 aromatic heterocycles. The molecular weight excluding hydrogens is 314 g/mol. The van der Waals surface area contributed by atoms with Crippen LogP contribution in [-0.2, 0) is 9.53 Å². The topological polar surface area (TPSA) is 59.3 Å². The van der Waals surface area contributed by atoms with E-state index in [1.54, 1.807) is 30.3 Å². The molecule has 0 aliphatic rings. The van der Waals surface area contributed by atoms with Crippen LogP contribution < -0.4 is 4.74 Å². The molecular formula is C21H21NO3. The van der Waals surface area contributed by atoms with E-state index in [-0.39, 0.29) is 11.8 Å². The Kier molecular flexibility index (Phi) is 5.97. The molecule has 0 saturated heterocycles. The summed E-state index contributed by atoms with van der Waals surface area (Å²) in [6.45, 7) is 7.48. The zero-order valence-corrected chi connectivity index (χ0v) is 14.4. The minimum absolute atomic E-state index is 0.162. The van der Waals surface area contributed by atoms with E-state index in [1.165, 1.54) is 0 Å². The molecule has 0 bridgehead atoms. The highest BCUT2D eigenvalue weighted by Gasteiger charge is 2.23. The summed E-state index contributed by atoms with van der Waals surface area (Å²) in [5.74, 6) is 0.829. The number of ether oxygens (including phenoxy) is 2. The van der Waals surface area contributed by atoms with Crippen LogP contribution in [0.5, 0.6) is 11.5 Å². The summed E-state index contributed by atoms with van der Waals surface area (Å²) in [4.78, 5) is 12.1. The van der Waals surface area contributed by atoms with Gasteiger partial charge in [0.05, 0.1) is 6.42 Å². The van der Waals surface area contributed by atoms with Crippen molar-refractivity contribution in [1.82, 2.24) is 0 Å². The molecule has 0 amide bonds. The molecule has 0 saturated carbocycles. The Morgan fingerprint density at radius 2 is 1.88 bits per heavy atom. The number of hydrogen-bond acceptors (Lipinski definition) is 4. The average molecular weight is 335 g/mol. The third-order valence-corrected chi connectivity index (χ3v) is 3.66. The van der Waals surface area contributed by atoms with Gasteiger partial charge in [0.25, 0.3) is 0 Å². The van der Waals surface area contributed by atoms with Crippen LogP contribution in [0.2, 0.25) is 0 Å². The summed E-state index contributed by atoms with van der Waals surface area (Å²) < 4.78 is 11.1. The molecule has 1 unspecified atom stereocenters. The summed E-state index contributed by atoms with van der Waals surface area (Å²) in [5.41, 5.74) is 0.190. The molecule has 2 aromatic carbocycles. The molecule has 25 heavy (non-hydrogen) atoms. The number of carbonyl (C=O) groups is 1. The minimum atomic E-state index is -0.979. The van der Waals surface area contributed by atoms with Crippen molar-refractivity contribution in [2.75, 3.05) is 0 Å². The lowest BCUT2D eigenvalue weighted by Crippen LogP contribution is -2.18. The molecule has 0 heterocycles. The minimum Gasteiger partial charge on any atom is -0.457 e. The molecule has 0 fully saturated rings. The lowest BCUT2D eigenvalue weighted by molar-refractivity contribution is -0.148. The van der Waals surface area contributed by atoms with E-state index < -0.39 is 12.1 Å². The van der Waals surface area contributed by atoms with Crippen LogP contribution in [0.25, 0.3) is 0 Å². The van der Waals surface area contributed by atoms with Gasteiger partial charge in [0, 0.05) is 5.56 Å². The van der Waals surface area contributed by atoms with Crippen molar-refractivity contribution in [2.24, 2.45) is 5.41 Å². The molecule has 4 nitrogen and oxygen atoms in total. The van der Waals surface area contributed by atoms with Gasteiger partial charge in [-0.1, -0.05) is 50.3 Å². The first-order chi connectivity index (χ1) is 11.9. The van der Waals surface area contributed by atoms with Crippen molar-refractivity contribution in [3.63, 3.8) is 0 Å². The van der Waals surface area contributed by atoms with Crippen molar-refractivity contribution in [3.05, 3.63) is 72.8 Å². The van der Waals surface area contributed by atoms with E-state index >= 15 is 0 Å². The monoisotopic (exact) mass is 335 g/mol. The molecule has 2 rings (SSSR count). The van der Waals surface area contributed by atoms with Crippen LogP contribution in [0.4, 0.5) is 0 Å². The van der Waals surface area contributed by atoms with Gasteiger partial charge in [-0.2, -0.15) is 5.26 Å². The van der Waals surface area contributed by atoms with Gasteiger partial charge in [-0.25, -0.2) is 0 Å². The maximum atomic E-state index is 12.1. The lowest BCUT2D eigenvalue weighted by atomic mass is 9.90. The largest absolute Gasteiger partial charge is 0.457 e. The highest BCUT2D eigenvalue weighted by atomic mass is 16.5. The number of para-hydroxylation sites is 1. The van der Waals surface area contributed by atoms with Crippen LogP contribution in [0.1, 0.15) is 31.9 Å². The number of benzene rings is 2. The number of rotatable bonds is 7. The fourth-order valence-electron chi connectivity index (χ4n) is 2.15. The van der Waals surface area contributed by atoms with Crippen LogP contribution in [0, 0.1) is 16.7 Å². The van der Waals surface area contributed by atoms with Crippen LogP contribution in [0.3, 0.4) is 0 Å². The van der Waals surface area contributed by atoms with Crippen molar-refractivity contribution >= 4 is 5.97 Å². The first-order valence-corrected chi connectivity index (χ1v) is 7.99. The second-order valence-corrected chi connectivity index (χ2v) is 6.36. The first-order valence-electron chi connectivity index (χ1n) is 7.99. The van der Waals surface area contributed by atoms with Crippen molar-refractivity contribution in [1.29, 1.82) is 5.26 Å². The summed E-state index contributed by atoms with van der Waals surface area (Å²) in [5, 5.41) is 9.38. The predicted molar refractivity (Wildman–Crippen MR) is 96.0 cm³/mol. The van der Waals surface area contributed by atoms with Crippen LogP contribution >= 0.6 is 0 Å². The molecule has 0 aliphatic carbocycles. The van der Waals surface area contributed by atoms with Gasteiger partial charge in [0.1, 0.15) is 17.6 Å². The second-order valence-electron chi connectivity index (χ2n) is 6.36. The highest BCUT2D eigenvalue weighted by Crippen LogP contribution is 2.28. The van der Waals surface area contributed by atoms with E-state index in [9.17, 15) is 10.1 Å². The first kappa shape index (κ1) is 18.3. The van der Waals surface area contributed by atoms with Crippen molar-refractivity contribution in [2.45, 2.75) is 26.4 Å². The Labute approximate surface area is 148 Å². The summed E-state index contributed by atoms with van der Waals surface area (Å²) in [7, 11) is 0. The van der Waals surface area contributed by atoms with Gasteiger partial charge in [0.2, 0.25) is 6.10 Å².